The van der Waals surface area contributed by atoms with Gasteiger partial charge >= 0.3 is 0 Å². The zero-order valence-corrected chi connectivity index (χ0v) is 15.7. The minimum Gasteiger partial charge on any atom is -0.219 e. The maximum atomic E-state index is 4.89. The van der Waals surface area contributed by atoms with Gasteiger partial charge in [-0.25, -0.2) is 4.98 Å². The van der Waals surface area contributed by atoms with Gasteiger partial charge in [0, 0.05) is 16.9 Å². The van der Waals surface area contributed by atoms with Crippen LogP contribution in [0, 0.1) is 5.92 Å². The van der Waals surface area contributed by atoms with Crippen molar-refractivity contribution in [2.24, 2.45) is 5.92 Å². The molecule has 0 saturated heterocycles. The minimum atomic E-state index is 0.786. The topological polar surface area (TPSA) is 38.7 Å². The Bertz CT molecular complexity index is 831. The highest BCUT2D eigenvalue weighted by Crippen LogP contribution is 2.32. The highest BCUT2D eigenvalue weighted by Gasteiger charge is 2.17. The molecule has 0 radical (unpaired) electrons. The summed E-state index contributed by atoms with van der Waals surface area (Å²) in [5, 5.41) is 9.77. The molecule has 26 heavy (non-hydrogen) atoms. The van der Waals surface area contributed by atoms with Crippen LogP contribution in [0.4, 0.5) is 0 Å². The Kier molecular flexibility index (Phi) is 5.60. The molecule has 132 valence electrons. The van der Waals surface area contributed by atoms with E-state index in [9.17, 15) is 0 Å². The van der Waals surface area contributed by atoms with E-state index >= 15 is 0 Å². The number of hydrogen-bond donors (Lipinski definition) is 0. The molecule has 1 fully saturated rings. The van der Waals surface area contributed by atoms with Crippen molar-refractivity contribution in [3.05, 3.63) is 60.7 Å². The third kappa shape index (κ3) is 4.13. The van der Waals surface area contributed by atoms with Crippen molar-refractivity contribution in [2.75, 3.05) is 5.75 Å². The average Bonchev–Trinajstić information content (AvgIpc) is 2.74. The fraction of sp³-hybridized carbons (Fsp3) is 0.318. The molecule has 0 N–H and O–H groups in total. The number of thioether (sulfide) groups is 1. The summed E-state index contributed by atoms with van der Waals surface area (Å²) in [4.78, 5) is 4.89. The summed E-state index contributed by atoms with van der Waals surface area (Å²) >= 11 is 1.75. The number of hydrogen-bond acceptors (Lipinski definition) is 4. The van der Waals surface area contributed by atoms with Crippen LogP contribution in [0.3, 0.4) is 0 Å². The Morgan fingerprint density at radius 3 is 2.00 bits per heavy atom. The molecule has 1 heterocycles. The van der Waals surface area contributed by atoms with Gasteiger partial charge < -0.3 is 0 Å². The first kappa shape index (κ1) is 17.2. The number of nitrogens with zero attached hydrogens (tertiary/aromatic N) is 3. The molecule has 3 nitrogen and oxygen atoms in total. The zero-order valence-electron chi connectivity index (χ0n) is 14.8. The van der Waals surface area contributed by atoms with Crippen molar-refractivity contribution >= 4 is 11.8 Å². The summed E-state index contributed by atoms with van der Waals surface area (Å²) in [5.41, 5.74) is 3.90. The molecule has 0 amide bonds. The van der Waals surface area contributed by atoms with Crippen molar-refractivity contribution < 1.29 is 0 Å². The van der Waals surface area contributed by atoms with Crippen molar-refractivity contribution in [1.82, 2.24) is 15.2 Å². The molecule has 0 spiro atoms. The van der Waals surface area contributed by atoms with Crippen molar-refractivity contribution in [3.8, 4) is 22.5 Å². The average molecular weight is 362 g/mol. The molecule has 2 aromatic carbocycles. The van der Waals surface area contributed by atoms with E-state index in [-0.39, 0.29) is 0 Å². The molecular formula is C22H23N3S. The molecular weight excluding hydrogens is 338 g/mol. The van der Waals surface area contributed by atoms with Gasteiger partial charge in [-0.2, -0.15) is 0 Å². The first-order valence-electron chi connectivity index (χ1n) is 9.38. The normalized spacial score (nSPS) is 15.1. The van der Waals surface area contributed by atoms with Crippen molar-refractivity contribution in [1.29, 1.82) is 0 Å². The molecule has 4 rings (SSSR count). The summed E-state index contributed by atoms with van der Waals surface area (Å²) < 4.78 is 0. The van der Waals surface area contributed by atoms with Gasteiger partial charge in [0.05, 0.1) is 0 Å². The Labute approximate surface area is 159 Å². The maximum Gasteiger partial charge on any atom is 0.209 e. The van der Waals surface area contributed by atoms with Gasteiger partial charge in [-0.3, -0.25) is 0 Å². The van der Waals surface area contributed by atoms with E-state index < -0.39 is 0 Å². The quantitative estimate of drug-likeness (QED) is 0.532. The van der Waals surface area contributed by atoms with Gasteiger partial charge in [0.25, 0.3) is 0 Å². The van der Waals surface area contributed by atoms with Crippen LogP contribution in [-0.2, 0) is 0 Å². The number of rotatable bonds is 5. The molecule has 3 aromatic rings. The molecule has 4 heteroatoms. The van der Waals surface area contributed by atoms with E-state index in [0.717, 1.165) is 39.3 Å². The lowest BCUT2D eigenvalue weighted by Crippen LogP contribution is -2.09. The van der Waals surface area contributed by atoms with Gasteiger partial charge in [-0.15, -0.1) is 10.2 Å². The largest absolute Gasteiger partial charge is 0.219 e. The smallest absolute Gasteiger partial charge is 0.209 e. The maximum absolute atomic E-state index is 4.89. The van der Waals surface area contributed by atoms with Gasteiger partial charge in [-0.05, 0) is 18.8 Å². The first-order chi connectivity index (χ1) is 12.9. The van der Waals surface area contributed by atoms with Gasteiger partial charge in [0.2, 0.25) is 5.16 Å². The third-order valence-electron chi connectivity index (χ3n) is 4.93. The Hall–Kier alpha value is -2.20. The number of benzene rings is 2. The monoisotopic (exact) mass is 361 g/mol. The highest BCUT2D eigenvalue weighted by molar-refractivity contribution is 7.99. The Morgan fingerprint density at radius 1 is 0.731 bits per heavy atom. The van der Waals surface area contributed by atoms with E-state index in [1.165, 1.54) is 32.1 Å². The van der Waals surface area contributed by atoms with Crippen LogP contribution >= 0.6 is 11.8 Å². The second kappa shape index (κ2) is 8.45. The molecule has 1 aromatic heterocycles. The van der Waals surface area contributed by atoms with Crippen molar-refractivity contribution in [2.45, 2.75) is 37.3 Å². The summed E-state index contributed by atoms with van der Waals surface area (Å²) in [6.45, 7) is 0. The SMILES string of the molecule is c1ccc(-c2nnc(SCC3CCCCC3)nc2-c2ccccc2)cc1. The van der Waals surface area contributed by atoms with E-state index in [2.05, 4.69) is 34.5 Å². The highest BCUT2D eigenvalue weighted by atomic mass is 32.2. The van der Waals surface area contributed by atoms with Crippen LogP contribution in [0.15, 0.2) is 65.8 Å². The van der Waals surface area contributed by atoms with E-state index in [4.69, 9.17) is 4.98 Å². The predicted octanol–water partition coefficient (Wildman–Crippen LogP) is 5.88. The zero-order chi connectivity index (χ0) is 17.6. The lowest BCUT2D eigenvalue weighted by atomic mass is 9.91. The Balaban J connectivity index is 1.63. The summed E-state index contributed by atoms with van der Waals surface area (Å²) in [6.07, 6.45) is 6.81. The van der Waals surface area contributed by atoms with E-state index in [1.807, 2.05) is 36.4 Å². The lowest BCUT2D eigenvalue weighted by Gasteiger charge is -2.20. The summed E-state index contributed by atoms with van der Waals surface area (Å²) in [7, 11) is 0. The van der Waals surface area contributed by atoms with E-state index in [0.29, 0.717) is 0 Å². The van der Waals surface area contributed by atoms with Crippen LogP contribution in [0.25, 0.3) is 22.5 Å². The molecule has 1 aliphatic carbocycles. The molecule has 0 atom stereocenters. The van der Waals surface area contributed by atoms with Gasteiger partial charge in [0.15, 0.2) is 0 Å². The second-order valence-electron chi connectivity index (χ2n) is 6.84. The standard InChI is InChI=1S/C22H23N3S/c1-4-10-17(11-5-1)16-26-22-23-20(18-12-6-2-7-13-18)21(24-25-22)19-14-8-3-9-15-19/h2-3,6-9,12-15,17H,1,4-5,10-11,16H2. The first-order valence-corrected chi connectivity index (χ1v) is 10.4. The summed E-state index contributed by atoms with van der Waals surface area (Å²) in [5.74, 6) is 1.90. The van der Waals surface area contributed by atoms with Crippen LogP contribution in [-0.4, -0.2) is 20.9 Å². The molecule has 0 unspecified atom stereocenters. The molecule has 0 bridgehead atoms. The van der Waals surface area contributed by atoms with Gasteiger partial charge in [0.1, 0.15) is 11.4 Å². The van der Waals surface area contributed by atoms with Crippen LogP contribution in [0.1, 0.15) is 32.1 Å². The van der Waals surface area contributed by atoms with Crippen LogP contribution < -0.4 is 0 Å². The van der Waals surface area contributed by atoms with Gasteiger partial charge in [-0.1, -0.05) is 91.7 Å². The van der Waals surface area contributed by atoms with Crippen molar-refractivity contribution in [3.63, 3.8) is 0 Å². The second-order valence-corrected chi connectivity index (χ2v) is 7.83. The fourth-order valence-electron chi connectivity index (χ4n) is 3.51. The fourth-order valence-corrected chi connectivity index (χ4v) is 4.48. The number of aromatic nitrogens is 3. The minimum absolute atomic E-state index is 0.786. The van der Waals surface area contributed by atoms with Crippen LogP contribution in [0.5, 0.6) is 0 Å². The lowest BCUT2D eigenvalue weighted by molar-refractivity contribution is 0.390. The third-order valence-corrected chi connectivity index (χ3v) is 6.00. The molecule has 1 saturated carbocycles. The van der Waals surface area contributed by atoms with E-state index in [1.54, 1.807) is 11.8 Å². The predicted molar refractivity (Wildman–Crippen MR) is 108 cm³/mol. The molecule has 0 aliphatic heterocycles. The Morgan fingerprint density at radius 2 is 1.35 bits per heavy atom. The summed E-state index contributed by atoms with van der Waals surface area (Å²) in [6, 6.07) is 20.5. The molecule has 1 aliphatic rings. The van der Waals surface area contributed by atoms with Crippen LogP contribution in [0.2, 0.25) is 0 Å².